The van der Waals surface area contributed by atoms with E-state index in [0.29, 0.717) is 23.7 Å². The van der Waals surface area contributed by atoms with Gasteiger partial charge in [0.1, 0.15) is 35.4 Å². The first kappa shape index (κ1) is 24.4. The van der Waals surface area contributed by atoms with E-state index in [9.17, 15) is 14.8 Å². The first-order chi connectivity index (χ1) is 17.7. The number of hydrogen-bond acceptors (Lipinski definition) is 6. The van der Waals surface area contributed by atoms with Gasteiger partial charge in [-0.05, 0) is 17.7 Å². The van der Waals surface area contributed by atoms with Crippen LogP contribution >= 0.6 is 0 Å². The third-order valence-corrected chi connectivity index (χ3v) is 6.71. The van der Waals surface area contributed by atoms with Crippen LogP contribution in [0.15, 0.2) is 77.2 Å². The molecule has 3 heterocycles. The summed E-state index contributed by atoms with van der Waals surface area (Å²) in [5.41, 5.74) is 2.96. The van der Waals surface area contributed by atoms with E-state index in [0.717, 1.165) is 15.9 Å². The number of nitrogens with zero attached hydrogens (tertiary/aromatic N) is 2. The monoisotopic (exact) mass is 500 g/mol. The minimum atomic E-state index is -1.42. The van der Waals surface area contributed by atoms with Gasteiger partial charge >= 0.3 is 11.9 Å². The summed E-state index contributed by atoms with van der Waals surface area (Å²) in [5.74, 6) is -4.42. The number of ether oxygens (including phenoxy) is 2. The van der Waals surface area contributed by atoms with Crippen LogP contribution in [0.25, 0.3) is 11.3 Å². The van der Waals surface area contributed by atoms with Crippen LogP contribution < -0.4 is 4.73 Å². The van der Waals surface area contributed by atoms with Gasteiger partial charge in [0.15, 0.2) is 5.92 Å². The van der Waals surface area contributed by atoms with Crippen molar-refractivity contribution in [3.05, 3.63) is 107 Å². The lowest BCUT2D eigenvalue weighted by molar-refractivity contribution is -0.621. The second kappa shape index (κ2) is 9.28. The number of hydrogen-bond donors (Lipinski definition) is 0. The molecule has 1 fully saturated rings. The molecular formula is C29H28N2O6. The standard InChI is InChI=1S/C29H28N2O6/c1-18-19(2)31(34)26(30(18)17-20-11-7-5-8-12-20)24(25-27(32)36-29(3,4)37-28(25)33)23-16-15-22(35-23)21-13-9-6-10-14-21/h5-16,24-25H,17H2,1-4H3/t24-/m0/s1. The summed E-state index contributed by atoms with van der Waals surface area (Å²) in [7, 11) is 0. The Morgan fingerprint density at radius 2 is 1.51 bits per heavy atom. The van der Waals surface area contributed by atoms with Crippen LogP contribution in [-0.4, -0.2) is 22.3 Å². The number of imidazole rings is 1. The largest absolute Gasteiger partial charge is 0.711 e. The molecule has 4 aromatic rings. The summed E-state index contributed by atoms with van der Waals surface area (Å²) < 4.78 is 19.7. The molecule has 5 rings (SSSR count). The van der Waals surface area contributed by atoms with E-state index in [1.54, 1.807) is 19.1 Å². The minimum absolute atomic E-state index is 0.200. The van der Waals surface area contributed by atoms with Crippen molar-refractivity contribution in [3.8, 4) is 11.3 Å². The van der Waals surface area contributed by atoms with Crippen molar-refractivity contribution in [2.75, 3.05) is 0 Å². The van der Waals surface area contributed by atoms with Gasteiger partial charge in [-0.3, -0.25) is 9.59 Å². The highest BCUT2D eigenvalue weighted by atomic mass is 16.7. The summed E-state index contributed by atoms with van der Waals surface area (Å²) >= 11 is 0. The predicted octanol–water partition coefficient (Wildman–Crippen LogP) is 4.63. The Hall–Kier alpha value is -4.33. The molecule has 1 saturated heterocycles. The maximum atomic E-state index is 13.6. The molecule has 0 amide bonds. The number of esters is 2. The van der Waals surface area contributed by atoms with Gasteiger partial charge in [0.05, 0.1) is 0 Å². The summed E-state index contributed by atoms with van der Waals surface area (Å²) in [5, 5.41) is 13.6. The molecule has 8 nitrogen and oxygen atoms in total. The molecule has 37 heavy (non-hydrogen) atoms. The molecule has 0 aliphatic carbocycles. The normalized spacial score (nSPS) is 16.3. The predicted molar refractivity (Wildman–Crippen MR) is 134 cm³/mol. The van der Waals surface area contributed by atoms with E-state index in [1.807, 2.05) is 72.2 Å². The van der Waals surface area contributed by atoms with Crippen molar-refractivity contribution in [2.24, 2.45) is 5.92 Å². The number of rotatable bonds is 6. The zero-order chi connectivity index (χ0) is 26.3. The van der Waals surface area contributed by atoms with Gasteiger partial charge in [-0.15, -0.1) is 0 Å². The van der Waals surface area contributed by atoms with E-state index < -0.39 is 29.6 Å². The highest BCUT2D eigenvalue weighted by molar-refractivity contribution is 5.98. The van der Waals surface area contributed by atoms with Gasteiger partial charge < -0.3 is 19.1 Å². The molecule has 2 aromatic heterocycles. The molecule has 0 spiro atoms. The van der Waals surface area contributed by atoms with Crippen molar-refractivity contribution in [3.63, 3.8) is 0 Å². The van der Waals surface area contributed by atoms with Crippen molar-refractivity contribution < 1.29 is 28.2 Å². The average Bonchev–Trinajstić information content (AvgIpc) is 3.43. The van der Waals surface area contributed by atoms with Crippen LogP contribution in [-0.2, 0) is 25.6 Å². The number of aromatic nitrogens is 2. The average molecular weight is 501 g/mol. The smallest absolute Gasteiger partial charge is 0.325 e. The van der Waals surface area contributed by atoms with Crippen LogP contribution in [0.1, 0.15) is 48.3 Å². The van der Waals surface area contributed by atoms with Crippen molar-refractivity contribution in [1.82, 2.24) is 4.57 Å². The molecule has 0 N–H and O–H groups in total. The third-order valence-electron chi connectivity index (χ3n) is 6.71. The summed E-state index contributed by atoms with van der Waals surface area (Å²) in [6.07, 6.45) is 0. The van der Waals surface area contributed by atoms with E-state index in [1.165, 1.54) is 13.8 Å². The zero-order valence-electron chi connectivity index (χ0n) is 21.1. The fourth-order valence-electron chi connectivity index (χ4n) is 4.77. The lowest BCUT2D eigenvalue weighted by Gasteiger charge is -2.34. The van der Waals surface area contributed by atoms with Crippen molar-refractivity contribution in [2.45, 2.75) is 45.9 Å². The number of cyclic esters (lactones) is 2. The summed E-state index contributed by atoms with van der Waals surface area (Å²) in [4.78, 5) is 26.5. The molecule has 0 unspecified atom stereocenters. The van der Waals surface area contributed by atoms with Crippen LogP contribution in [0.2, 0.25) is 0 Å². The first-order valence-corrected chi connectivity index (χ1v) is 12.1. The number of carbonyl (C=O) groups is 2. The molecule has 0 saturated carbocycles. The van der Waals surface area contributed by atoms with Crippen LogP contribution in [0.5, 0.6) is 0 Å². The Morgan fingerprint density at radius 3 is 2.14 bits per heavy atom. The molecule has 1 atom stereocenters. The van der Waals surface area contributed by atoms with Gasteiger partial charge in [-0.25, -0.2) is 9.30 Å². The molecule has 1 aliphatic heterocycles. The Morgan fingerprint density at radius 1 is 0.919 bits per heavy atom. The first-order valence-electron chi connectivity index (χ1n) is 12.1. The van der Waals surface area contributed by atoms with Gasteiger partial charge in [0.2, 0.25) is 0 Å². The van der Waals surface area contributed by atoms with Gasteiger partial charge in [0.25, 0.3) is 11.6 Å². The topological polar surface area (TPSA) is 97.6 Å². The summed E-state index contributed by atoms with van der Waals surface area (Å²) in [6, 6.07) is 22.6. The highest BCUT2D eigenvalue weighted by Gasteiger charge is 2.53. The maximum absolute atomic E-state index is 13.6. The fraction of sp³-hybridized carbons (Fsp3) is 0.276. The second-order valence-corrected chi connectivity index (χ2v) is 9.66. The molecule has 0 bridgehead atoms. The Labute approximate surface area is 214 Å². The van der Waals surface area contributed by atoms with Crippen molar-refractivity contribution >= 4 is 11.9 Å². The second-order valence-electron chi connectivity index (χ2n) is 9.66. The fourth-order valence-corrected chi connectivity index (χ4v) is 4.77. The third kappa shape index (κ3) is 4.50. The van der Waals surface area contributed by atoms with E-state index in [4.69, 9.17) is 13.9 Å². The molecule has 8 heteroatoms. The van der Waals surface area contributed by atoms with Crippen LogP contribution in [0, 0.1) is 25.0 Å². The molecule has 2 aromatic carbocycles. The van der Waals surface area contributed by atoms with Gasteiger partial charge in [-0.2, -0.15) is 0 Å². The Bertz CT molecular complexity index is 1430. The molecular weight excluding hydrogens is 472 g/mol. The highest BCUT2D eigenvalue weighted by Crippen LogP contribution is 2.40. The number of furan rings is 1. The Balaban J connectivity index is 1.69. The minimum Gasteiger partial charge on any atom is -0.711 e. The van der Waals surface area contributed by atoms with Crippen molar-refractivity contribution in [1.29, 1.82) is 0 Å². The zero-order valence-corrected chi connectivity index (χ0v) is 21.1. The van der Waals surface area contributed by atoms with Gasteiger partial charge in [0, 0.05) is 33.3 Å². The van der Waals surface area contributed by atoms with Crippen LogP contribution in [0.4, 0.5) is 0 Å². The molecule has 1 aliphatic rings. The Kier molecular flexibility index (Phi) is 6.11. The van der Waals surface area contributed by atoms with E-state index in [2.05, 4.69) is 0 Å². The number of carbonyl (C=O) groups excluding carboxylic acids is 2. The van der Waals surface area contributed by atoms with E-state index >= 15 is 0 Å². The quantitative estimate of drug-likeness (QED) is 0.166. The van der Waals surface area contributed by atoms with Gasteiger partial charge in [-0.1, -0.05) is 60.7 Å². The molecule has 0 radical (unpaired) electrons. The lowest BCUT2D eigenvalue weighted by atomic mass is 9.88. The maximum Gasteiger partial charge on any atom is 0.325 e. The summed E-state index contributed by atoms with van der Waals surface area (Å²) in [6.45, 7) is 6.90. The molecule has 190 valence electrons. The van der Waals surface area contributed by atoms with Crippen LogP contribution in [0.3, 0.4) is 0 Å². The SMILES string of the molecule is Cc1c(C)[n+]([O-])c([C@@H](c2ccc(-c3ccccc3)o2)C2C(=O)OC(C)(C)OC2=O)n1Cc1ccccc1. The lowest BCUT2D eigenvalue weighted by Crippen LogP contribution is -2.50. The number of benzene rings is 2. The van der Waals surface area contributed by atoms with E-state index in [-0.39, 0.29) is 11.6 Å².